The van der Waals surface area contributed by atoms with Gasteiger partial charge in [0.1, 0.15) is 0 Å². The van der Waals surface area contributed by atoms with E-state index in [4.69, 9.17) is 12.2 Å². The highest BCUT2D eigenvalue weighted by molar-refractivity contribution is 7.81. The van der Waals surface area contributed by atoms with E-state index in [2.05, 4.69) is 18.3 Å². The lowest BCUT2D eigenvalue weighted by molar-refractivity contribution is 0.732. The van der Waals surface area contributed by atoms with Crippen LogP contribution in [0.2, 0.25) is 0 Å². The highest BCUT2D eigenvalue weighted by Crippen LogP contribution is 2.00. The van der Waals surface area contributed by atoms with E-state index in [1.807, 2.05) is 19.1 Å². The molecule has 0 aromatic heterocycles. The number of hydrogen-bond donors (Lipinski definition) is 1. The molecular weight excluding hydrogens is 142 g/mol. The fourth-order valence-electron chi connectivity index (χ4n) is 0.950. The Balaban J connectivity index is 2.79. The molecule has 0 fully saturated rings. The summed E-state index contributed by atoms with van der Waals surface area (Å²) in [6.07, 6.45) is 5.99. The topological polar surface area (TPSA) is 12.0 Å². The second-order valence-electron chi connectivity index (χ2n) is 2.52. The van der Waals surface area contributed by atoms with Crippen LogP contribution in [0.1, 0.15) is 13.8 Å². The molecule has 1 aliphatic heterocycles. The molecule has 0 bridgehead atoms. The van der Waals surface area contributed by atoms with Gasteiger partial charge in [-0.25, -0.2) is 0 Å². The summed E-state index contributed by atoms with van der Waals surface area (Å²) in [5, 5.41) is 3.26. The second kappa shape index (κ2) is 2.97. The van der Waals surface area contributed by atoms with Crippen LogP contribution in [0, 0.1) is 0 Å². The molecule has 0 saturated carbocycles. The van der Waals surface area contributed by atoms with E-state index in [0.29, 0.717) is 6.04 Å². The summed E-state index contributed by atoms with van der Waals surface area (Å²) < 4.78 is 0. The van der Waals surface area contributed by atoms with E-state index in [9.17, 15) is 0 Å². The molecule has 0 aromatic carbocycles. The predicted octanol–water partition coefficient (Wildman–Crippen LogP) is 1.81. The van der Waals surface area contributed by atoms with Gasteiger partial charge >= 0.3 is 0 Å². The molecule has 1 nitrogen and oxygen atoms in total. The fourth-order valence-corrected chi connectivity index (χ4v) is 1.20. The molecule has 0 aromatic rings. The average Bonchev–Trinajstić information content (AvgIpc) is 1.93. The van der Waals surface area contributed by atoms with Crippen molar-refractivity contribution in [3.8, 4) is 0 Å². The van der Waals surface area contributed by atoms with Crippen LogP contribution < -0.4 is 5.32 Å². The lowest BCUT2D eigenvalue weighted by Crippen LogP contribution is -2.20. The summed E-state index contributed by atoms with van der Waals surface area (Å²) in [7, 11) is 0. The summed E-state index contributed by atoms with van der Waals surface area (Å²) in [5.41, 5.74) is 1.14. The molecule has 1 heterocycles. The molecule has 2 heteroatoms. The standard InChI is InChI=1S/C8H11NS/c1-6-3-4-8(10)5-7(2)9-6/h3-6,9H,1-2H3. The fraction of sp³-hybridized carbons (Fsp3) is 0.375. The van der Waals surface area contributed by atoms with E-state index in [1.165, 1.54) is 0 Å². The first-order valence-electron chi connectivity index (χ1n) is 3.35. The number of nitrogens with one attached hydrogen (secondary N) is 1. The van der Waals surface area contributed by atoms with Crippen molar-refractivity contribution in [1.82, 2.24) is 5.32 Å². The van der Waals surface area contributed by atoms with Gasteiger partial charge < -0.3 is 5.32 Å². The maximum atomic E-state index is 5.02. The Morgan fingerprint density at radius 3 is 3.00 bits per heavy atom. The Kier molecular flexibility index (Phi) is 2.22. The smallest absolute Gasteiger partial charge is 0.0416 e. The zero-order valence-corrected chi connectivity index (χ0v) is 7.03. The number of allylic oxidation sites excluding steroid dienone is 3. The van der Waals surface area contributed by atoms with Gasteiger partial charge in [0, 0.05) is 16.6 Å². The van der Waals surface area contributed by atoms with Gasteiger partial charge in [-0.3, -0.25) is 0 Å². The third kappa shape index (κ3) is 1.95. The lowest BCUT2D eigenvalue weighted by Gasteiger charge is -2.07. The van der Waals surface area contributed by atoms with Crippen LogP contribution in [0.15, 0.2) is 23.9 Å². The summed E-state index contributed by atoms with van der Waals surface area (Å²) in [4.78, 5) is 0.898. The minimum absolute atomic E-state index is 0.400. The minimum Gasteiger partial charge on any atom is -0.383 e. The molecule has 54 valence electrons. The van der Waals surface area contributed by atoms with Crippen molar-refractivity contribution in [2.45, 2.75) is 19.9 Å². The molecule has 0 aliphatic carbocycles. The Bertz CT molecular complexity index is 203. The first-order valence-corrected chi connectivity index (χ1v) is 3.76. The first-order chi connectivity index (χ1) is 4.68. The Morgan fingerprint density at radius 1 is 1.60 bits per heavy atom. The minimum atomic E-state index is 0.400. The van der Waals surface area contributed by atoms with Crippen molar-refractivity contribution in [3.63, 3.8) is 0 Å². The van der Waals surface area contributed by atoms with Crippen molar-refractivity contribution in [2.24, 2.45) is 0 Å². The van der Waals surface area contributed by atoms with Crippen molar-refractivity contribution < 1.29 is 0 Å². The molecule has 10 heavy (non-hydrogen) atoms. The van der Waals surface area contributed by atoms with Crippen LogP contribution in [-0.4, -0.2) is 10.9 Å². The Morgan fingerprint density at radius 2 is 2.30 bits per heavy atom. The summed E-state index contributed by atoms with van der Waals surface area (Å²) in [6, 6.07) is 0.400. The molecule has 1 aliphatic rings. The number of thiocarbonyl (C=S) groups is 1. The van der Waals surface area contributed by atoms with Crippen LogP contribution in [0.5, 0.6) is 0 Å². The second-order valence-corrected chi connectivity index (χ2v) is 2.99. The van der Waals surface area contributed by atoms with E-state index in [0.717, 1.165) is 10.6 Å². The van der Waals surface area contributed by atoms with Crippen LogP contribution in [0.3, 0.4) is 0 Å². The van der Waals surface area contributed by atoms with Gasteiger partial charge in [0.05, 0.1) is 0 Å². The third-order valence-electron chi connectivity index (χ3n) is 1.36. The predicted molar refractivity (Wildman–Crippen MR) is 48.1 cm³/mol. The molecule has 1 atom stereocenters. The lowest BCUT2D eigenvalue weighted by atomic mass is 10.3. The van der Waals surface area contributed by atoms with Gasteiger partial charge in [-0.1, -0.05) is 18.3 Å². The molecule has 0 amide bonds. The highest BCUT2D eigenvalue weighted by atomic mass is 32.1. The molecule has 1 rings (SSSR count). The molecule has 1 unspecified atom stereocenters. The largest absolute Gasteiger partial charge is 0.383 e. The van der Waals surface area contributed by atoms with Gasteiger partial charge in [-0.05, 0) is 26.0 Å². The maximum Gasteiger partial charge on any atom is 0.0416 e. The van der Waals surface area contributed by atoms with Crippen molar-refractivity contribution in [2.75, 3.05) is 0 Å². The quantitative estimate of drug-likeness (QED) is 0.533. The van der Waals surface area contributed by atoms with Crippen LogP contribution >= 0.6 is 12.2 Å². The van der Waals surface area contributed by atoms with E-state index < -0.39 is 0 Å². The van der Waals surface area contributed by atoms with Gasteiger partial charge in [-0.15, -0.1) is 0 Å². The molecule has 0 spiro atoms. The third-order valence-corrected chi connectivity index (χ3v) is 1.62. The van der Waals surface area contributed by atoms with Crippen molar-refractivity contribution in [3.05, 3.63) is 23.9 Å². The zero-order chi connectivity index (χ0) is 7.56. The van der Waals surface area contributed by atoms with Crippen LogP contribution in [-0.2, 0) is 0 Å². The molecule has 0 saturated heterocycles. The van der Waals surface area contributed by atoms with E-state index in [1.54, 1.807) is 0 Å². The molecular formula is C8H11NS. The summed E-state index contributed by atoms with van der Waals surface area (Å²) >= 11 is 5.02. The normalized spacial score (nSPS) is 25.2. The van der Waals surface area contributed by atoms with Gasteiger partial charge in [0.25, 0.3) is 0 Å². The van der Waals surface area contributed by atoms with E-state index in [-0.39, 0.29) is 0 Å². The van der Waals surface area contributed by atoms with E-state index >= 15 is 0 Å². The van der Waals surface area contributed by atoms with Crippen molar-refractivity contribution in [1.29, 1.82) is 0 Å². The summed E-state index contributed by atoms with van der Waals surface area (Å²) in [5.74, 6) is 0. The van der Waals surface area contributed by atoms with Crippen LogP contribution in [0.25, 0.3) is 0 Å². The first kappa shape index (κ1) is 7.48. The molecule has 0 radical (unpaired) electrons. The average molecular weight is 153 g/mol. The van der Waals surface area contributed by atoms with Gasteiger partial charge in [0.15, 0.2) is 0 Å². The van der Waals surface area contributed by atoms with Gasteiger partial charge in [0.2, 0.25) is 0 Å². The Labute approximate surface area is 66.8 Å². The number of hydrogen-bond acceptors (Lipinski definition) is 2. The Hall–Kier alpha value is -0.630. The SMILES string of the molecule is CC1=CC(=S)C=CC(C)N1. The zero-order valence-electron chi connectivity index (χ0n) is 6.22. The maximum absolute atomic E-state index is 5.02. The highest BCUT2D eigenvalue weighted by Gasteiger charge is 2.00. The van der Waals surface area contributed by atoms with Crippen molar-refractivity contribution >= 4 is 17.1 Å². The monoisotopic (exact) mass is 153 g/mol. The number of rotatable bonds is 0. The molecule has 1 N–H and O–H groups in total. The van der Waals surface area contributed by atoms with Gasteiger partial charge in [-0.2, -0.15) is 0 Å². The summed E-state index contributed by atoms with van der Waals surface area (Å²) in [6.45, 7) is 4.12. The van der Waals surface area contributed by atoms with Crippen LogP contribution in [0.4, 0.5) is 0 Å².